The summed E-state index contributed by atoms with van der Waals surface area (Å²) in [6, 6.07) is 9.98. The molecule has 0 aliphatic heterocycles. The van der Waals surface area contributed by atoms with Gasteiger partial charge in [0.15, 0.2) is 0 Å². The molecule has 3 aromatic rings. The number of nitrogens with zero attached hydrogens (tertiary/aromatic N) is 3. The third kappa shape index (κ3) is 2.19. The molecule has 2 heterocycles. The average Bonchev–Trinajstić information content (AvgIpc) is 2.71. The fourth-order valence-corrected chi connectivity index (χ4v) is 2.19. The lowest BCUT2D eigenvalue weighted by Crippen LogP contribution is -2.00. The van der Waals surface area contributed by atoms with E-state index in [9.17, 15) is 0 Å². The molecule has 1 aromatic carbocycles. The Labute approximate surface area is 118 Å². The number of benzene rings is 1. The standard InChI is InChI=1S/C12H9BrN4.ClH/c13-9-1-2-10-8(7-9)4-6-17(10)11-3-5-15-12(14)16-11;/h1-7H,(H2,14,15,16);1H. The summed E-state index contributed by atoms with van der Waals surface area (Å²) in [5.41, 5.74) is 6.68. The third-order valence-electron chi connectivity index (χ3n) is 2.56. The lowest BCUT2D eigenvalue weighted by molar-refractivity contribution is 1.02. The van der Waals surface area contributed by atoms with Crippen molar-refractivity contribution in [3.63, 3.8) is 0 Å². The Morgan fingerprint density at radius 1 is 1.17 bits per heavy atom. The molecule has 92 valence electrons. The van der Waals surface area contributed by atoms with Crippen LogP contribution in [0.1, 0.15) is 0 Å². The summed E-state index contributed by atoms with van der Waals surface area (Å²) >= 11 is 3.45. The topological polar surface area (TPSA) is 56.7 Å². The Bertz CT molecular complexity index is 695. The van der Waals surface area contributed by atoms with Gasteiger partial charge in [-0.2, -0.15) is 4.98 Å². The predicted molar refractivity (Wildman–Crippen MR) is 78.2 cm³/mol. The van der Waals surface area contributed by atoms with Crippen molar-refractivity contribution in [1.82, 2.24) is 14.5 Å². The molecular weight excluding hydrogens is 316 g/mol. The van der Waals surface area contributed by atoms with Crippen molar-refractivity contribution in [2.24, 2.45) is 0 Å². The van der Waals surface area contributed by atoms with Crippen molar-refractivity contribution < 1.29 is 0 Å². The molecule has 2 aromatic heterocycles. The van der Waals surface area contributed by atoms with E-state index in [-0.39, 0.29) is 18.4 Å². The number of hydrogen-bond acceptors (Lipinski definition) is 3. The van der Waals surface area contributed by atoms with E-state index in [0.717, 1.165) is 21.2 Å². The monoisotopic (exact) mass is 324 g/mol. The molecule has 0 aliphatic carbocycles. The van der Waals surface area contributed by atoms with Gasteiger partial charge < -0.3 is 10.3 Å². The van der Waals surface area contributed by atoms with Gasteiger partial charge in [0.05, 0.1) is 5.52 Å². The highest BCUT2D eigenvalue weighted by Gasteiger charge is 2.04. The van der Waals surface area contributed by atoms with E-state index in [1.165, 1.54) is 0 Å². The maximum Gasteiger partial charge on any atom is 0.221 e. The highest BCUT2D eigenvalue weighted by molar-refractivity contribution is 9.10. The Morgan fingerprint density at radius 3 is 2.78 bits per heavy atom. The van der Waals surface area contributed by atoms with Crippen LogP contribution in [0.15, 0.2) is 47.2 Å². The first-order valence-corrected chi connectivity index (χ1v) is 5.89. The molecule has 0 aliphatic rings. The quantitative estimate of drug-likeness (QED) is 0.747. The first-order chi connectivity index (χ1) is 8.24. The molecule has 4 nitrogen and oxygen atoms in total. The minimum absolute atomic E-state index is 0. The van der Waals surface area contributed by atoms with Crippen LogP contribution in [0.4, 0.5) is 5.95 Å². The SMILES string of the molecule is Cl.Nc1nccc(-n2ccc3cc(Br)ccc32)n1. The third-order valence-corrected chi connectivity index (χ3v) is 3.05. The Balaban J connectivity index is 0.00000120. The minimum atomic E-state index is 0. The summed E-state index contributed by atoms with van der Waals surface area (Å²) in [5, 5.41) is 1.15. The first-order valence-electron chi connectivity index (χ1n) is 5.09. The molecule has 0 spiro atoms. The maximum absolute atomic E-state index is 5.59. The highest BCUT2D eigenvalue weighted by atomic mass is 79.9. The van der Waals surface area contributed by atoms with Gasteiger partial charge >= 0.3 is 0 Å². The molecule has 6 heteroatoms. The van der Waals surface area contributed by atoms with Gasteiger partial charge in [-0.3, -0.25) is 0 Å². The van der Waals surface area contributed by atoms with E-state index in [0.29, 0.717) is 0 Å². The van der Waals surface area contributed by atoms with E-state index in [2.05, 4.69) is 32.0 Å². The van der Waals surface area contributed by atoms with Gasteiger partial charge in [0, 0.05) is 22.3 Å². The van der Waals surface area contributed by atoms with Crippen molar-refractivity contribution >= 4 is 45.2 Å². The summed E-state index contributed by atoms with van der Waals surface area (Å²) in [7, 11) is 0. The van der Waals surface area contributed by atoms with E-state index in [1.807, 2.05) is 35.0 Å². The molecular formula is C12H10BrClN4. The van der Waals surface area contributed by atoms with Crippen molar-refractivity contribution in [3.8, 4) is 5.82 Å². The first kappa shape index (κ1) is 12.9. The Hall–Kier alpha value is -1.59. The van der Waals surface area contributed by atoms with Crippen molar-refractivity contribution in [2.45, 2.75) is 0 Å². The van der Waals surface area contributed by atoms with Crippen LogP contribution in [0.2, 0.25) is 0 Å². The van der Waals surface area contributed by atoms with Gasteiger partial charge in [-0.05, 0) is 30.3 Å². The molecule has 0 amide bonds. The molecule has 0 unspecified atom stereocenters. The molecule has 3 rings (SSSR count). The molecule has 0 radical (unpaired) electrons. The van der Waals surface area contributed by atoms with Crippen LogP contribution in [-0.4, -0.2) is 14.5 Å². The molecule has 0 fully saturated rings. The number of anilines is 1. The number of fused-ring (bicyclic) bond motifs is 1. The number of nitrogens with two attached hydrogens (primary N) is 1. The smallest absolute Gasteiger partial charge is 0.221 e. The maximum atomic E-state index is 5.59. The largest absolute Gasteiger partial charge is 0.368 e. The van der Waals surface area contributed by atoms with Crippen molar-refractivity contribution in [3.05, 3.63) is 47.2 Å². The molecule has 0 bridgehead atoms. The lowest BCUT2D eigenvalue weighted by atomic mass is 10.2. The van der Waals surface area contributed by atoms with Gasteiger partial charge in [0.2, 0.25) is 5.95 Å². The number of hydrogen-bond donors (Lipinski definition) is 1. The minimum Gasteiger partial charge on any atom is -0.368 e. The second-order valence-electron chi connectivity index (χ2n) is 3.66. The zero-order valence-electron chi connectivity index (χ0n) is 9.25. The lowest BCUT2D eigenvalue weighted by Gasteiger charge is -2.04. The van der Waals surface area contributed by atoms with Gasteiger partial charge in [-0.25, -0.2) is 4.98 Å². The normalized spacial score (nSPS) is 10.3. The van der Waals surface area contributed by atoms with Crippen LogP contribution >= 0.6 is 28.3 Å². The van der Waals surface area contributed by atoms with Gasteiger partial charge in [-0.15, -0.1) is 12.4 Å². The molecule has 0 atom stereocenters. The van der Waals surface area contributed by atoms with E-state index in [1.54, 1.807) is 6.20 Å². The summed E-state index contributed by atoms with van der Waals surface area (Å²) < 4.78 is 3.05. The fraction of sp³-hybridized carbons (Fsp3) is 0. The summed E-state index contributed by atoms with van der Waals surface area (Å²) in [5.74, 6) is 1.05. The van der Waals surface area contributed by atoms with Crippen LogP contribution in [0.25, 0.3) is 16.7 Å². The summed E-state index contributed by atoms with van der Waals surface area (Å²) in [4.78, 5) is 8.10. The number of aromatic nitrogens is 3. The van der Waals surface area contributed by atoms with Gasteiger partial charge in [0.1, 0.15) is 5.82 Å². The van der Waals surface area contributed by atoms with Crippen molar-refractivity contribution in [2.75, 3.05) is 5.73 Å². The highest BCUT2D eigenvalue weighted by Crippen LogP contribution is 2.23. The Kier molecular flexibility index (Phi) is 3.54. The molecule has 0 saturated heterocycles. The van der Waals surface area contributed by atoms with Crippen LogP contribution in [-0.2, 0) is 0 Å². The van der Waals surface area contributed by atoms with Crippen molar-refractivity contribution in [1.29, 1.82) is 0 Å². The van der Waals surface area contributed by atoms with E-state index in [4.69, 9.17) is 5.73 Å². The van der Waals surface area contributed by atoms with E-state index < -0.39 is 0 Å². The second kappa shape index (κ2) is 4.96. The van der Waals surface area contributed by atoms with Crippen LogP contribution in [0.3, 0.4) is 0 Å². The zero-order chi connectivity index (χ0) is 11.8. The van der Waals surface area contributed by atoms with Crippen LogP contribution in [0, 0.1) is 0 Å². The number of halogens is 2. The number of nitrogen functional groups attached to an aromatic ring is 1. The summed E-state index contributed by atoms with van der Waals surface area (Å²) in [6.45, 7) is 0. The van der Waals surface area contributed by atoms with Crippen LogP contribution in [0.5, 0.6) is 0 Å². The van der Waals surface area contributed by atoms with E-state index >= 15 is 0 Å². The molecule has 0 saturated carbocycles. The van der Waals surface area contributed by atoms with Gasteiger partial charge in [0.25, 0.3) is 0 Å². The molecule has 18 heavy (non-hydrogen) atoms. The average molecular weight is 326 g/mol. The predicted octanol–water partition coefficient (Wildman–Crippen LogP) is 3.19. The molecule has 2 N–H and O–H groups in total. The second-order valence-corrected chi connectivity index (χ2v) is 4.58. The Morgan fingerprint density at radius 2 is 2.00 bits per heavy atom. The fourth-order valence-electron chi connectivity index (χ4n) is 1.81. The zero-order valence-corrected chi connectivity index (χ0v) is 11.6. The van der Waals surface area contributed by atoms with Gasteiger partial charge in [-0.1, -0.05) is 15.9 Å². The summed E-state index contributed by atoms with van der Waals surface area (Å²) in [6.07, 6.45) is 3.63. The number of rotatable bonds is 1. The van der Waals surface area contributed by atoms with Crippen LogP contribution < -0.4 is 5.73 Å².